The van der Waals surface area contributed by atoms with E-state index in [9.17, 15) is 4.79 Å². The van der Waals surface area contributed by atoms with Crippen molar-refractivity contribution in [3.8, 4) is 5.75 Å². The lowest BCUT2D eigenvalue weighted by molar-refractivity contribution is -0.124. The smallest absolute Gasteiger partial charge is 0.222 e. The summed E-state index contributed by atoms with van der Waals surface area (Å²) in [5.74, 6) is 1.09. The summed E-state index contributed by atoms with van der Waals surface area (Å²) < 4.78 is 5.15. The van der Waals surface area contributed by atoms with Crippen molar-refractivity contribution in [3.63, 3.8) is 0 Å². The predicted octanol–water partition coefficient (Wildman–Crippen LogP) is 2.40. The van der Waals surface area contributed by atoms with Crippen LogP contribution >= 0.6 is 0 Å². The van der Waals surface area contributed by atoms with Gasteiger partial charge in [-0.25, -0.2) is 0 Å². The second-order valence-corrected chi connectivity index (χ2v) is 4.20. The number of rotatable bonds is 6. The molecule has 1 atom stereocenters. The van der Waals surface area contributed by atoms with E-state index >= 15 is 0 Å². The molecule has 3 nitrogen and oxygen atoms in total. The van der Waals surface area contributed by atoms with Gasteiger partial charge in [0, 0.05) is 12.5 Å². The van der Waals surface area contributed by atoms with Crippen molar-refractivity contribution in [1.82, 2.24) is 5.32 Å². The zero-order valence-electron chi connectivity index (χ0n) is 10.8. The highest BCUT2D eigenvalue weighted by Gasteiger charge is 2.08. The lowest BCUT2D eigenvalue weighted by Gasteiger charge is -2.10. The van der Waals surface area contributed by atoms with Gasteiger partial charge in [0.2, 0.25) is 5.91 Å². The minimum atomic E-state index is 0.0975. The fraction of sp³-hybridized carbons (Fsp3) is 0.500. The van der Waals surface area contributed by atoms with Gasteiger partial charge in [-0.3, -0.25) is 4.79 Å². The summed E-state index contributed by atoms with van der Waals surface area (Å²) in [7, 11) is 1.66. The number of hydrogen-bond acceptors (Lipinski definition) is 2. The molecule has 1 amide bonds. The number of carbonyl (C=O) groups excluding carboxylic acids is 1. The first-order valence-electron chi connectivity index (χ1n) is 6.08. The van der Waals surface area contributed by atoms with Crippen molar-refractivity contribution in [1.29, 1.82) is 0 Å². The first kappa shape index (κ1) is 13.6. The molecule has 17 heavy (non-hydrogen) atoms. The molecule has 0 bridgehead atoms. The van der Waals surface area contributed by atoms with E-state index in [-0.39, 0.29) is 11.8 Å². The van der Waals surface area contributed by atoms with Crippen LogP contribution in [0.25, 0.3) is 0 Å². The molecule has 1 aromatic carbocycles. The van der Waals surface area contributed by atoms with Gasteiger partial charge in [0.1, 0.15) is 5.75 Å². The largest absolute Gasteiger partial charge is 0.497 e. The fourth-order valence-corrected chi connectivity index (χ4v) is 1.52. The Bertz CT molecular complexity index is 363. The van der Waals surface area contributed by atoms with Gasteiger partial charge in [0.25, 0.3) is 0 Å². The molecule has 0 saturated carbocycles. The van der Waals surface area contributed by atoms with Crippen LogP contribution in [0.15, 0.2) is 24.3 Å². The predicted molar refractivity (Wildman–Crippen MR) is 69.2 cm³/mol. The van der Waals surface area contributed by atoms with Crippen LogP contribution in [0.5, 0.6) is 5.75 Å². The summed E-state index contributed by atoms with van der Waals surface area (Å²) in [5.41, 5.74) is 1.17. The van der Waals surface area contributed by atoms with E-state index in [2.05, 4.69) is 5.32 Å². The van der Waals surface area contributed by atoms with Crippen LogP contribution < -0.4 is 10.1 Å². The molecule has 1 rings (SSSR count). The molecule has 1 aromatic rings. The van der Waals surface area contributed by atoms with Crippen molar-refractivity contribution in [2.24, 2.45) is 5.92 Å². The zero-order chi connectivity index (χ0) is 12.7. The Balaban J connectivity index is 2.37. The Labute approximate surface area is 103 Å². The fourth-order valence-electron chi connectivity index (χ4n) is 1.52. The maximum Gasteiger partial charge on any atom is 0.222 e. The van der Waals surface area contributed by atoms with Crippen molar-refractivity contribution >= 4 is 5.91 Å². The summed E-state index contributed by atoms with van der Waals surface area (Å²) in [5, 5.41) is 2.94. The number of hydrogen-bond donors (Lipinski definition) is 1. The second-order valence-electron chi connectivity index (χ2n) is 4.20. The topological polar surface area (TPSA) is 38.3 Å². The molecule has 0 saturated heterocycles. The monoisotopic (exact) mass is 235 g/mol. The Morgan fingerprint density at radius 3 is 2.88 bits per heavy atom. The molecular formula is C14H21NO2. The first-order valence-corrected chi connectivity index (χ1v) is 6.08. The molecule has 0 spiro atoms. The third kappa shape index (κ3) is 4.47. The number of methoxy groups -OCH3 is 1. The minimum Gasteiger partial charge on any atom is -0.497 e. The average molecular weight is 235 g/mol. The molecule has 0 aliphatic rings. The van der Waals surface area contributed by atoms with Crippen LogP contribution in [0.4, 0.5) is 0 Å². The van der Waals surface area contributed by atoms with Crippen molar-refractivity contribution in [3.05, 3.63) is 29.8 Å². The molecule has 0 radical (unpaired) electrons. The van der Waals surface area contributed by atoms with Crippen molar-refractivity contribution < 1.29 is 9.53 Å². The van der Waals surface area contributed by atoms with E-state index in [0.717, 1.165) is 18.6 Å². The molecular weight excluding hydrogens is 214 g/mol. The SMILES string of the molecule is CC[C@@H](C)C(=O)NCCc1cccc(OC)c1. The molecule has 0 heterocycles. The maximum absolute atomic E-state index is 11.6. The molecule has 0 unspecified atom stereocenters. The van der Waals surface area contributed by atoms with Crippen LogP contribution in [0.1, 0.15) is 25.8 Å². The number of amides is 1. The van der Waals surface area contributed by atoms with Crippen LogP contribution in [0.3, 0.4) is 0 Å². The molecule has 3 heteroatoms. The molecule has 0 fully saturated rings. The molecule has 1 N–H and O–H groups in total. The van der Waals surface area contributed by atoms with Gasteiger partial charge < -0.3 is 10.1 Å². The summed E-state index contributed by atoms with van der Waals surface area (Å²) in [6, 6.07) is 7.92. The third-order valence-corrected chi connectivity index (χ3v) is 2.91. The van der Waals surface area contributed by atoms with E-state index in [1.165, 1.54) is 5.56 Å². The normalized spacial score (nSPS) is 11.9. The molecule has 0 aliphatic heterocycles. The van der Waals surface area contributed by atoms with Crippen LogP contribution in [0, 0.1) is 5.92 Å². The van der Waals surface area contributed by atoms with Crippen LogP contribution in [0.2, 0.25) is 0 Å². The summed E-state index contributed by atoms with van der Waals surface area (Å²) in [4.78, 5) is 11.6. The second kappa shape index (κ2) is 6.94. The lowest BCUT2D eigenvalue weighted by Crippen LogP contribution is -2.30. The van der Waals surface area contributed by atoms with E-state index in [1.807, 2.05) is 38.1 Å². The summed E-state index contributed by atoms with van der Waals surface area (Å²) >= 11 is 0. The van der Waals surface area contributed by atoms with Gasteiger partial charge >= 0.3 is 0 Å². The molecule has 0 aliphatic carbocycles. The third-order valence-electron chi connectivity index (χ3n) is 2.91. The summed E-state index contributed by atoms with van der Waals surface area (Å²) in [6.07, 6.45) is 1.71. The van der Waals surface area contributed by atoms with Crippen LogP contribution in [-0.4, -0.2) is 19.6 Å². The number of nitrogens with one attached hydrogen (secondary N) is 1. The van der Waals surface area contributed by atoms with E-state index in [4.69, 9.17) is 4.74 Å². The Morgan fingerprint density at radius 1 is 1.47 bits per heavy atom. The van der Waals surface area contributed by atoms with Gasteiger partial charge in [-0.05, 0) is 30.5 Å². The average Bonchev–Trinajstić information content (AvgIpc) is 2.37. The Kier molecular flexibility index (Phi) is 5.53. The van der Waals surface area contributed by atoms with Crippen molar-refractivity contribution in [2.45, 2.75) is 26.7 Å². The zero-order valence-corrected chi connectivity index (χ0v) is 10.8. The van der Waals surface area contributed by atoms with Gasteiger partial charge in [-0.15, -0.1) is 0 Å². The number of ether oxygens (including phenoxy) is 1. The van der Waals surface area contributed by atoms with Crippen LogP contribution in [-0.2, 0) is 11.2 Å². The van der Waals surface area contributed by atoms with E-state index < -0.39 is 0 Å². The Morgan fingerprint density at radius 2 is 2.24 bits per heavy atom. The minimum absolute atomic E-state index is 0.0975. The highest BCUT2D eigenvalue weighted by Crippen LogP contribution is 2.12. The highest BCUT2D eigenvalue weighted by molar-refractivity contribution is 5.78. The molecule has 94 valence electrons. The van der Waals surface area contributed by atoms with E-state index in [0.29, 0.717) is 6.54 Å². The number of carbonyl (C=O) groups is 1. The van der Waals surface area contributed by atoms with Gasteiger partial charge in [-0.1, -0.05) is 26.0 Å². The van der Waals surface area contributed by atoms with Crippen molar-refractivity contribution in [2.75, 3.05) is 13.7 Å². The maximum atomic E-state index is 11.6. The van der Waals surface area contributed by atoms with Gasteiger partial charge in [-0.2, -0.15) is 0 Å². The molecule has 0 aromatic heterocycles. The quantitative estimate of drug-likeness (QED) is 0.822. The Hall–Kier alpha value is -1.51. The summed E-state index contributed by atoms with van der Waals surface area (Å²) in [6.45, 7) is 4.64. The van der Waals surface area contributed by atoms with E-state index in [1.54, 1.807) is 7.11 Å². The highest BCUT2D eigenvalue weighted by atomic mass is 16.5. The lowest BCUT2D eigenvalue weighted by atomic mass is 10.1. The van der Waals surface area contributed by atoms with Gasteiger partial charge in [0.15, 0.2) is 0 Å². The van der Waals surface area contributed by atoms with Gasteiger partial charge in [0.05, 0.1) is 7.11 Å². The first-order chi connectivity index (χ1) is 8.17. The standard InChI is InChI=1S/C14H21NO2/c1-4-11(2)14(16)15-9-8-12-6-5-7-13(10-12)17-3/h5-7,10-11H,4,8-9H2,1-3H3,(H,15,16)/t11-/m1/s1. The number of benzene rings is 1.